The maximum atomic E-state index is 11.9. The van der Waals surface area contributed by atoms with Gasteiger partial charge in [-0.3, -0.25) is 4.79 Å². The maximum absolute atomic E-state index is 11.9. The summed E-state index contributed by atoms with van der Waals surface area (Å²) in [4.78, 5) is 11.9. The van der Waals surface area contributed by atoms with E-state index in [1.54, 1.807) is 13.8 Å². The molecule has 0 atom stereocenters. The van der Waals surface area contributed by atoms with Crippen LogP contribution in [-0.2, 0) is 4.79 Å². The van der Waals surface area contributed by atoms with Gasteiger partial charge in [0.05, 0.1) is 11.0 Å². The minimum atomic E-state index is -0.857. The smallest absolute Gasteiger partial charge is 0.227 e. The summed E-state index contributed by atoms with van der Waals surface area (Å²) in [6.45, 7) is 4.05. The number of rotatable bonds is 4. The molecule has 0 aromatic carbocycles. The normalized spacial score (nSPS) is 20.3. The van der Waals surface area contributed by atoms with E-state index in [1.165, 1.54) is 0 Å². The Hall–Kier alpha value is -0.610. The Labute approximate surface area is 91.2 Å². The zero-order chi connectivity index (χ0) is 11.5. The number of nitrogens with one attached hydrogen (secondary N) is 1. The summed E-state index contributed by atoms with van der Waals surface area (Å²) in [6.07, 6.45) is 3.91. The first-order chi connectivity index (χ1) is 6.90. The van der Waals surface area contributed by atoms with Crippen molar-refractivity contribution in [2.45, 2.75) is 45.1 Å². The third kappa shape index (κ3) is 3.18. The molecular weight excluding hydrogens is 192 g/mol. The van der Waals surface area contributed by atoms with Gasteiger partial charge in [-0.05, 0) is 26.7 Å². The summed E-state index contributed by atoms with van der Waals surface area (Å²) in [6, 6.07) is 0. The Morgan fingerprint density at radius 3 is 2.40 bits per heavy atom. The van der Waals surface area contributed by atoms with Crippen molar-refractivity contribution in [1.29, 1.82) is 0 Å². The SMILES string of the molecule is CC(C)(O)CNC(=O)C1(CN)CCCC1. The van der Waals surface area contributed by atoms with Crippen LogP contribution >= 0.6 is 0 Å². The molecule has 0 aliphatic heterocycles. The summed E-state index contributed by atoms with van der Waals surface area (Å²) >= 11 is 0. The molecule has 4 N–H and O–H groups in total. The molecule has 0 aromatic rings. The number of carbonyl (C=O) groups is 1. The Kier molecular flexibility index (Phi) is 3.73. The van der Waals surface area contributed by atoms with Gasteiger partial charge in [0.1, 0.15) is 0 Å². The van der Waals surface area contributed by atoms with Gasteiger partial charge in [-0.25, -0.2) is 0 Å². The van der Waals surface area contributed by atoms with Crippen LogP contribution in [-0.4, -0.2) is 29.7 Å². The van der Waals surface area contributed by atoms with Crippen LogP contribution in [0.5, 0.6) is 0 Å². The predicted octanol–water partition coefficient (Wildman–Crippen LogP) is 0.393. The van der Waals surface area contributed by atoms with Crippen LogP contribution in [0, 0.1) is 5.41 Å². The number of hydrogen-bond acceptors (Lipinski definition) is 3. The van der Waals surface area contributed by atoms with Gasteiger partial charge >= 0.3 is 0 Å². The molecule has 0 unspecified atom stereocenters. The molecule has 1 fully saturated rings. The van der Waals surface area contributed by atoms with Crippen molar-refractivity contribution >= 4 is 5.91 Å². The molecule has 15 heavy (non-hydrogen) atoms. The van der Waals surface area contributed by atoms with E-state index in [2.05, 4.69) is 5.32 Å². The van der Waals surface area contributed by atoms with Crippen molar-refractivity contribution in [2.24, 2.45) is 11.1 Å². The first kappa shape index (κ1) is 12.5. The van der Waals surface area contributed by atoms with Crippen LogP contribution < -0.4 is 11.1 Å². The van der Waals surface area contributed by atoms with E-state index >= 15 is 0 Å². The topological polar surface area (TPSA) is 75.3 Å². The number of aliphatic hydroxyl groups is 1. The zero-order valence-corrected chi connectivity index (χ0v) is 9.68. The molecule has 0 radical (unpaired) electrons. The van der Waals surface area contributed by atoms with Crippen LogP contribution in [0.15, 0.2) is 0 Å². The Bertz CT molecular complexity index is 227. The zero-order valence-electron chi connectivity index (χ0n) is 9.68. The van der Waals surface area contributed by atoms with Crippen molar-refractivity contribution in [3.63, 3.8) is 0 Å². The van der Waals surface area contributed by atoms with Crippen molar-refractivity contribution in [3.05, 3.63) is 0 Å². The molecule has 1 aliphatic carbocycles. The molecule has 0 heterocycles. The molecule has 1 amide bonds. The van der Waals surface area contributed by atoms with E-state index in [0.717, 1.165) is 25.7 Å². The molecule has 0 spiro atoms. The van der Waals surface area contributed by atoms with Crippen LogP contribution in [0.1, 0.15) is 39.5 Å². The lowest BCUT2D eigenvalue weighted by Gasteiger charge is -2.27. The van der Waals surface area contributed by atoms with Gasteiger partial charge in [0.2, 0.25) is 5.91 Å². The highest BCUT2D eigenvalue weighted by Gasteiger charge is 2.39. The maximum Gasteiger partial charge on any atom is 0.227 e. The minimum absolute atomic E-state index is 0.00428. The molecule has 1 rings (SSSR count). The van der Waals surface area contributed by atoms with E-state index < -0.39 is 5.60 Å². The summed E-state index contributed by atoms with van der Waals surface area (Å²) < 4.78 is 0. The minimum Gasteiger partial charge on any atom is -0.389 e. The molecule has 4 heteroatoms. The first-order valence-corrected chi connectivity index (χ1v) is 5.60. The van der Waals surface area contributed by atoms with Gasteiger partial charge in [-0.15, -0.1) is 0 Å². The van der Waals surface area contributed by atoms with E-state index in [1.807, 2.05) is 0 Å². The fourth-order valence-electron chi connectivity index (χ4n) is 2.06. The quantitative estimate of drug-likeness (QED) is 0.634. The van der Waals surface area contributed by atoms with Gasteiger partial charge in [-0.2, -0.15) is 0 Å². The van der Waals surface area contributed by atoms with Crippen molar-refractivity contribution in [1.82, 2.24) is 5.32 Å². The molecule has 88 valence electrons. The first-order valence-electron chi connectivity index (χ1n) is 5.60. The van der Waals surface area contributed by atoms with Gasteiger partial charge in [-0.1, -0.05) is 12.8 Å². The summed E-state index contributed by atoms with van der Waals surface area (Å²) in [5.41, 5.74) is 4.46. The third-order valence-corrected chi connectivity index (χ3v) is 3.11. The van der Waals surface area contributed by atoms with Gasteiger partial charge < -0.3 is 16.2 Å². The van der Waals surface area contributed by atoms with Crippen molar-refractivity contribution in [3.8, 4) is 0 Å². The van der Waals surface area contributed by atoms with E-state index in [4.69, 9.17) is 5.73 Å². The number of nitrogens with two attached hydrogens (primary N) is 1. The lowest BCUT2D eigenvalue weighted by molar-refractivity contribution is -0.131. The number of hydrogen-bond donors (Lipinski definition) is 3. The molecule has 4 nitrogen and oxygen atoms in total. The molecule has 0 aromatic heterocycles. The average molecular weight is 214 g/mol. The highest BCUT2D eigenvalue weighted by Crippen LogP contribution is 2.37. The van der Waals surface area contributed by atoms with Crippen LogP contribution in [0.2, 0.25) is 0 Å². The Morgan fingerprint density at radius 2 is 2.00 bits per heavy atom. The van der Waals surface area contributed by atoms with Gasteiger partial charge in [0.15, 0.2) is 0 Å². The lowest BCUT2D eigenvalue weighted by atomic mass is 9.85. The molecule has 1 saturated carbocycles. The second kappa shape index (κ2) is 4.49. The van der Waals surface area contributed by atoms with Crippen LogP contribution in [0.3, 0.4) is 0 Å². The fourth-order valence-corrected chi connectivity index (χ4v) is 2.06. The second-order valence-corrected chi connectivity index (χ2v) is 5.19. The molecule has 1 aliphatic rings. The highest BCUT2D eigenvalue weighted by molar-refractivity contribution is 5.83. The predicted molar refractivity (Wildman–Crippen MR) is 59.3 cm³/mol. The molecule has 0 bridgehead atoms. The van der Waals surface area contributed by atoms with E-state index in [9.17, 15) is 9.90 Å². The number of amides is 1. The van der Waals surface area contributed by atoms with Gasteiger partial charge in [0.25, 0.3) is 0 Å². The average Bonchev–Trinajstić information content (AvgIpc) is 2.62. The molecular formula is C11H22N2O2. The van der Waals surface area contributed by atoms with E-state index in [0.29, 0.717) is 6.54 Å². The van der Waals surface area contributed by atoms with Crippen molar-refractivity contribution < 1.29 is 9.90 Å². The largest absolute Gasteiger partial charge is 0.389 e. The monoisotopic (exact) mass is 214 g/mol. The highest BCUT2D eigenvalue weighted by atomic mass is 16.3. The standard InChI is InChI=1S/C11H22N2O2/c1-10(2,15)8-13-9(14)11(7-12)5-3-4-6-11/h15H,3-8,12H2,1-2H3,(H,13,14). The summed E-state index contributed by atoms with van der Waals surface area (Å²) in [7, 11) is 0. The van der Waals surface area contributed by atoms with Gasteiger partial charge in [0, 0.05) is 13.1 Å². The van der Waals surface area contributed by atoms with Crippen LogP contribution in [0.25, 0.3) is 0 Å². The van der Waals surface area contributed by atoms with Crippen molar-refractivity contribution in [2.75, 3.05) is 13.1 Å². The fraction of sp³-hybridized carbons (Fsp3) is 0.909. The third-order valence-electron chi connectivity index (χ3n) is 3.11. The second-order valence-electron chi connectivity index (χ2n) is 5.19. The summed E-state index contributed by atoms with van der Waals surface area (Å²) in [5, 5.41) is 12.3. The Morgan fingerprint density at radius 1 is 1.47 bits per heavy atom. The number of carbonyl (C=O) groups excluding carboxylic acids is 1. The summed E-state index contributed by atoms with van der Waals surface area (Å²) in [5.74, 6) is 0.00428. The lowest BCUT2D eigenvalue weighted by Crippen LogP contribution is -2.48. The van der Waals surface area contributed by atoms with Crippen LogP contribution in [0.4, 0.5) is 0 Å². The Balaban J connectivity index is 2.51. The van der Waals surface area contributed by atoms with E-state index in [-0.39, 0.29) is 17.9 Å². The molecule has 0 saturated heterocycles.